The van der Waals surface area contributed by atoms with E-state index in [1.807, 2.05) is 31.2 Å². The number of aromatic amines is 1. The van der Waals surface area contributed by atoms with Crippen molar-refractivity contribution in [2.24, 2.45) is 0 Å². The van der Waals surface area contributed by atoms with Crippen LogP contribution < -0.4 is 0 Å². The molecule has 24 heavy (non-hydrogen) atoms. The van der Waals surface area contributed by atoms with E-state index in [0.29, 0.717) is 11.3 Å². The molecular formula is C18H12F3N3. The molecule has 1 heterocycles. The van der Waals surface area contributed by atoms with E-state index in [1.54, 1.807) is 0 Å². The van der Waals surface area contributed by atoms with E-state index in [4.69, 9.17) is 0 Å². The van der Waals surface area contributed by atoms with Crippen molar-refractivity contribution in [3.63, 3.8) is 0 Å². The molecule has 0 bridgehead atoms. The summed E-state index contributed by atoms with van der Waals surface area (Å²) in [6.45, 7) is 1.93. The fraction of sp³-hybridized carbons (Fsp3) is 0.111. The number of nitrogens with zero attached hydrogens (tertiary/aromatic N) is 2. The van der Waals surface area contributed by atoms with Gasteiger partial charge in [-0.2, -0.15) is 18.4 Å². The van der Waals surface area contributed by atoms with E-state index in [9.17, 15) is 18.4 Å². The summed E-state index contributed by atoms with van der Waals surface area (Å²) in [6.07, 6.45) is -3.03. The van der Waals surface area contributed by atoms with Crippen LogP contribution in [0, 0.1) is 18.3 Å². The van der Waals surface area contributed by atoms with Gasteiger partial charge in [0.05, 0.1) is 22.2 Å². The van der Waals surface area contributed by atoms with Crippen LogP contribution >= 0.6 is 0 Å². The van der Waals surface area contributed by atoms with Crippen LogP contribution in [0.5, 0.6) is 0 Å². The van der Waals surface area contributed by atoms with Crippen molar-refractivity contribution >= 4 is 22.7 Å². The van der Waals surface area contributed by atoms with Crippen LogP contribution in [0.2, 0.25) is 0 Å². The third-order valence-electron chi connectivity index (χ3n) is 3.54. The standard InChI is InChI=1S/C18H12F3N3/c1-11-5-6-15-16(7-11)24-17(23-15)13(10-22)8-12-3-2-4-14(9-12)18(19,20)21/h2-9H,1H3,(H,23,24)/b13-8-. The molecule has 0 unspecified atom stereocenters. The molecule has 0 aliphatic carbocycles. The fourth-order valence-corrected chi connectivity index (χ4v) is 2.38. The summed E-state index contributed by atoms with van der Waals surface area (Å²) in [5, 5.41) is 9.35. The third kappa shape index (κ3) is 3.15. The second-order valence-electron chi connectivity index (χ2n) is 5.40. The number of rotatable bonds is 2. The Balaban J connectivity index is 2.04. The molecule has 1 N–H and O–H groups in total. The number of halogens is 3. The minimum atomic E-state index is -4.42. The first kappa shape index (κ1) is 15.8. The number of hydrogen-bond donors (Lipinski definition) is 1. The van der Waals surface area contributed by atoms with Gasteiger partial charge in [-0.15, -0.1) is 0 Å². The van der Waals surface area contributed by atoms with E-state index < -0.39 is 11.7 Å². The number of alkyl halides is 3. The molecule has 0 saturated carbocycles. The predicted octanol–water partition coefficient (Wildman–Crippen LogP) is 4.95. The van der Waals surface area contributed by atoms with Crippen LogP contribution in [-0.2, 0) is 6.18 Å². The van der Waals surface area contributed by atoms with Crippen LogP contribution in [-0.4, -0.2) is 9.97 Å². The zero-order chi connectivity index (χ0) is 17.3. The Morgan fingerprint density at radius 1 is 1.21 bits per heavy atom. The van der Waals surface area contributed by atoms with Gasteiger partial charge in [-0.25, -0.2) is 4.98 Å². The van der Waals surface area contributed by atoms with E-state index in [1.165, 1.54) is 18.2 Å². The van der Waals surface area contributed by atoms with Crippen molar-refractivity contribution in [1.82, 2.24) is 9.97 Å². The summed E-state index contributed by atoms with van der Waals surface area (Å²) in [4.78, 5) is 7.35. The quantitative estimate of drug-likeness (QED) is 0.677. The molecule has 3 nitrogen and oxygen atoms in total. The Kier molecular flexibility index (Phi) is 3.86. The highest BCUT2D eigenvalue weighted by Crippen LogP contribution is 2.30. The second kappa shape index (κ2) is 5.85. The van der Waals surface area contributed by atoms with Crippen molar-refractivity contribution in [3.05, 3.63) is 65.0 Å². The predicted molar refractivity (Wildman–Crippen MR) is 85.8 cm³/mol. The molecule has 0 spiro atoms. The van der Waals surface area contributed by atoms with Crippen LogP contribution in [0.4, 0.5) is 13.2 Å². The molecule has 1 aromatic heterocycles. The van der Waals surface area contributed by atoms with Gasteiger partial charge in [0.15, 0.2) is 0 Å². The number of benzene rings is 2. The molecule has 3 aromatic rings. The number of aryl methyl sites for hydroxylation is 1. The van der Waals surface area contributed by atoms with Crippen LogP contribution in [0.15, 0.2) is 42.5 Å². The smallest absolute Gasteiger partial charge is 0.337 e. The summed E-state index contributed by atoms with van der Waals surface area (Å²) in [5.74, 6) is 0.329. The van der Waals surface area contributed by atoms with Gasteiger partial charge in [0.2, 0.25) is 0 Å². The highest BCUT2D eigenvalue weighted by molar-refractivity contribution is 5.90. The average Bonchev–Trinajstić information content (AvgIpc) is 2.95. The molecule has 120 valence electrons. The number of nitrogens with one attached hydrogen (secondary N) is 1. The van der Waals surface area contributed by atoms with Gasteiger partial charge < -0.3 is 4.98 Å². The first-order valence-electron chi connectivity index (χ1n) is 7.12. The van der Waals surface area contributed by atoms with E-state index >= 15 is 0 Å². The Labute approximate surface area is 136 Å². The van der Waals surface area contributed by atoms with Crippen molar-refractivity contribution < 1.29 is 13.2 Å². The number of allylic oxidation sites excluding steroid dienone is 1. The third-order valence-corrected chi connectivity index (χ3v) is 3.54. The SMILES string of the molecule is Cc1ccc2nc(/C(C#N)=C\c3cccc(C(F)(F)F)c3)[nH]c2c1. The second-order valence-corrected chi connectivity index (χ2v) is 5.40. The number of hydrogen-bond acceptors (Lipinski definition) is 2. The van der Waals surface area contributed by atoms with Crippen molar-refractivity contribution in [1.29, 1.82) is 5.26 Å². The molecule has 2 aromatic carbocycles. The topological polar surface area (TPSA) is 52.5 Å². The average molecular weight is 327 g/mol. The maximum absolute atomic E-state index is 12.8. The van der Waals surface area contributed by atoms with Gasteiger partial charge in [0.1, 0.15) is 11.9 Å². The molecule has 3 rings (SSSR count). The summed E-state index contributed by atoms with van der Waals surface area (Å²) < 4.78 is 38.3. The normalized spacial score (nSPS) is 12.4. The lowest BCUT2D eigenvalue weighted by Crippen LogP contribution is -2.04. The van der Waals surface area contributed by atoms with Gasteiger partial charge in [-0.05, 0) is 48.4 Å². The molecule has 0 aliphatic heterocycles. The van der Waals surface area contributed by atoms with Gasteiger partial charge >= 0.3 is 6.18 Å². The van der Waals surface area contributed by atoms with Crippen molar-refractivity contribution in [3.8, 4) is 6.07 Å². The number of nitriles is 1. The van der Waals surface area contributed by atoms with Crippen molar-refractivity contribution in [2.45, 2.75) is 13.1 Å². The van der Waals surface area contributed by atoms with Crippen LogP contribution in [0.3, 0.4) is 0 Å². The van der Waals surface area contributed by atoms with Gasteiger partial charge in [-0.1, -0.05) is 18.2 Å². The number of H-pyrrole nitrogens is 1. The number of aromatic nitrogens is 2. The summed E-state index contributed by atoms with van der Waals surface area (Å²) >= 11 is 0. The first-order chi connectivity index (χ1) is 11.4. The zero-order valence-corrected chi connectivity index (χ0v) is 12.6. The zero-order valence-electron chi connectivity index (χ0n) is 12.6. The molecule has 0 amide bonds. The van der Waals surface area contributed by atoms with Gasteiger partial charge in [-0.3, -0.25) is 0 Å². The maximum atomic E-state index is 12.8. The highest BCUT2D eigenvalue weighted by Gasteiger charge is 2.30. The van der Waals surface area contributed by atoms with Crippen LogP contribution in [0.1, 0.15) is 22.5 Å². The highest BCUT2D eigenvalue weighted by atomic mass is 19.4. The summed E-state index contributed by atoms with van der Waals surface area (Å²) in [6, 6.07) is 12.4. The van der Waals surface area contributed by atoms with E-state index in [0.717, 1.165) is 23.2 Å². The molecule has 6 heteroatoms. The molecule has 0 fully saturated rings. The lowest BCUT2D eigenvalue weighted by atomic mass is 10.1. The van der Waals surface area contributed by atoms with E-state index in [2.05, 4.69) is 9.97 Å². The Bertz CT molecular complexity index is 975. The van der Waals surface area contributed by atoms with Crippen molar-refractivity contribution in [2.75, 3.05) is 0 Å². The molecule has 0 radical (unpaired) electrons. The fourth-order valence-electron chi connectivity index (χ4n) is 2.38. The molecule has 0 aliphatic rings. The Morgan fingerprint density at radius 3 is 2.71 bits per heavy atom. The van der Waals surface area contributed by atoms with Gasteiger partial charge in [0.25, 0.3) is 0 Å². The summed E-state index contributed by atoms with van der Waals surface area (Å²) in [5.41, 5.74) is 2.21. The number of fused-ring (bicyclic) bond motifs is 1. The molecular weight excluding hydrogens is 315 g/mol. The lowest BCUT2D eigenvalue weighted by Gasteiger charge is -2.06. The number of imidazole rings is 1. The minimum absolute atomic E-state index is 0.170. The lowest BCUT2D eigenvalue weighted by molar-refractivity contribution is -0.137. The maximum Gasteiger partial charge on any atom is 0.416 e. The van der Waals surface area contributed by atoms with Crippen LogP contribution in [0.25, 0.3) is 22.7 Å². The Hall–Kier alpha value is -3.07. The Morgan fingerprint density at radius 2 is 2.00 bits per heavy atom. The largest absolute Gasteiger partial charge is 0.416 e. The molecule has 0 saturated heterocycles. The monoisotopic (exact) mass is 327 g/mol. The molecule has 0 atom stereocenters. The van der Waals surface area contributed by atoms with E-state index in [-0.39, 0.29) is 11.1 Å². The first-order valence-corrected chi connectivity index (χ1v) is 7.12. The summed E-state index contributed by atoms with van der Waals surface area (Å²) in [7, 11) is 0. The minimum Gasteiger partial charge on any atom is -0.337 e. The van der Waals surface area contributed by atoms with Gasteiger partial charge in [0, 0.05) is 0 Å².